The zero-order valence-corrected chi connectivity index (χ0v) is 12.0. The number of rotatable bonds is 5. The number of nitrogens with one attached hydrogen (secondary N) is 1. The molecule has 0 aliphatic rings. The summed E-state index contributed by atoms with van der Waals surface area (Å²) >= 11 is 6.16. The minimum Gasteiger partial charge on any atom is -0.366 e. The molecule has 0 heterocycles. The molecule has 1 amide bonds. The Morgan fingerprint density at radius 3 is 2.55 bits per heavy atom. The zero-order chi connectivity index (χ0) is 14.5. The molecular formula is C16H17ClN2O. The van der Waals surface area contributed by atoms with Crippen molar-refractivity contribution >= 4 is 17.5 Å². The van der Waals surface area contributed by atoms with E-state index in [4.69, 9.17) is 17.3 Å². The van der Waals surface area contributed by atoms with E-state index in [9.17, 15) is 4.79 Å². The Morgan fingerprint density at radius 2 is 1.95 bits per heavy atom. The van der Waals surface area contributed by atoms with Crippen LogP contribution in [0.1, 0.15) is 34.5 Å². The molecule has 4 heteroatoms. The van der Waals surface area contributed by atoms with E-state index in [2.05, 4.69) is 24.4 Å². The molecule has 0 aliphatic heterocycles. The van der Waals surface area contributed by atoms with Gasteiger partial charge in [0.2, 0.25) is 5.91 Å². The monoisotopic (exact) mass is 288 g/mol. The van der Waals surface area contributed by atoms with Crippen LogP contribution in [0, 0.1) is 0 Å². The molecule has 0 aromatic heterocycles. The maximum atomic E-state index is 11.1. The fourth-order valence-electron chi connectivity index (χ4n) is 1.97. The van der Waals surface area contributed by atoms with Crippen molar-refractivity contribution in [3.63, 3.8) is 0 Å². The van der Waals surface area contributed by atoms with Crippen molar-refractivity contribution in [2.24, 2.45) is 5.73 Å². The van der Waals surface area contributed by atoms with Crippen molar-refractivity contribution in [1.29, 1.82) is 0 Å². The summed E-state index contributed by atoms with van der Waals surface area (Å²) in [5, 5.41) is 3.95. The first kappa shape index (κ1) is 14.6. The average Bonchev–Trinajstić information content (AvgIpc) is 2.46. The SMILES string of the molecule is CC(NCc1ccc(C(N)=O)cc1Cl)c1ccccc1. The molecule has 104 valence electrons. The van der Waals surface area contributed by atoms with Gasteiger partial charge in [0, 0.05) is 23.2 Å². The van der Waals surface area contributed by atoms with Gasteiger partial charge in [-0.1, -0.05) is 48.0 Å². The van der Waals surface area contributed by atoms with E-state index in [1.165, 1.54) is 5.56 Å². The van der Waals surface area contributed by atoms with Crippen molar-refractivity contribution in [1.82, 2.24) is 5.32 Å². The number of hydrogen-bond acceptors (Lipinski definition) is 2. The minimum absolute atomic E-state index is 0.225. The van der Waals surface area contributed by atoms with E-state index >= 15 is 0 Å². The molecular weight excluding hydrogens is 272 g/mol. The first-order valence-corrected chi connectivity index (χ1v) is 6.82. The molecule has 2 aromatic rings. The van der Waals surface area contributed by atoms with Crippen molar-refractivity contribution in [3.05, 3.63) is 70.2 Å². The Labute approximate surface area is 123 Å². The summed E-state index contributed by atoms with van der Waals surface area (Å²) < 4.78 is 0. The molecule has 2 rings (SSSR count). The Hall–Kier alpha value is -1.84. The summed E-state index contributed by atoms with van der Waals surface area (Å²) in [6.45, 7) is 2.73. The Balaban J connectivity index is 2.02. The molecule has 0 aliphatic carbocycles. The number of hydrogen-bond donors (Lipinski definition) is 2. The lowest BCUT2D eigenvalue weighted by atomic mass is 10.1. The second-order valence-corrected chi connectivity index (χ2v) is 5.09. The van der Waals surface area contributed by atoms with Crippen LogP contribution in [-0.2, 0) is 6.54 Å². The highest BCUT2D eigenvalue weighted by Crippen LogP contribution is 2.19. The van der Waals surface area contributed by atoms with E-state index in [1.54, 1.807) is 12.1 Å². The highest BCUT2D eigenvalue weighted by atomic mass is 35.5. The van der Waals surface area contributed by atoms with Crippen molar-refractivity contribution in [2.45, 2.75) is 19.5 Å². The molecule has 0 radical (unpaired) electrons. The van der Waals surface area contributed by atoms with E-state index < -0.39 is 5.91 Å². The van der Waals surface area contributed by atoms with E-state index in [0.717, 1.165) is 5.56 Å². The van der Waals surface area contributed by atoms with E-state index in [-0.39, 0.29) is 6.04 Å². The molecule has 3 nitrogen and oxygen atoms in total. The van der Waals surface area contributed by atoms with Crippen molar-refractivity contribution in [3.8, 4) is 0 Å². The Bertz CT molecular complexity index is 599. The van der Waals surface area contributed by atoms with Gasteiger partial charge in [-0.2, -0.15) is 0 Å². The molecule has 1 unspecified atom stereocenters. The zero-order valence-electron chi connectivity index (χ0n) is 11.3. The minimum atomic E-state index is -0.468. The molecule has 0 fully saturated rings. The van der Waals surface area contributed by atoms with Gasteiger partial charge in [0.05, 0.1) is 0 Å². The number of halogens is 1. The molecule has 2 aromatic carbocycles. The fraction of sp³-hybridized carbons (Fsp3) is 0.188. The van der Waals surface area contributed by atoms with Crippen LogP contribution in [-0.4, -0.2) is 5.91 Å². The lowest BCUT2D eigenvalue weighted by Crippen LogP contribution is -2.18. The summed E-state index contributed by atoms with van der Waals surface area (Å²) in [4.78, 5) is 11.1. The molecule has 0 spiro atoms. The number of carbonyl (C=O) groups is 1. The van der Waals surface area contributed by atoms with Crippen LogP contribution >= 0.6 is 11.6 Å². The van der Waals surface area contributed by atoms with Crippen LogP contribution in [0.25, 0.3) is 0 Å². The summed E-state index contributed by atoms with van der Waals surface area (Å²) in [5.41, 5.74) is 7.81. The number of carbonyl (C=O) groups excluding carboxylic acids is 1. The van der Waals surface area contributed by atoms with Gasteiger partial charge in [-0.3, -0.25) is 4.79 Å². The highest BCUT2D eigenvalue weighted by Gasteiger charge is 2.08. The van der Waals surface area contributed by atoms with Gasteiger partial charge in [0.25, 0.3) is 0 Å². The van der Waals surface area contributed by atoms with Crippen LogP contribution in [0.5, 0.6) is 0 Å². The fourth-order valence-corrected chi connectivity index (χ4v) is 2.21. The second-order valence-electron chi connectivity index (χ2n) is 4.68. The molecule has 1 atom stereocenters. The molecule has 3 N–H and O–H groups in total. The molecule has 0 bridgehead atoms. The molecule has 0 saturated heterocycles. The van der Waals surface area contributed by atoms with Crippen molar-refractivity contribution in [2.75, 3.05) is 0 Å². The molecule has 20 heavy (non-hydrogen) atoms. The van der Waals surface area contributed by atoms with Gasteiger partial charge < -0.3 is 11.1 Å². The lowest BCUT2D eigenvalue weighted by molar-refractivity contribution is 0.100. The third-order valence-electron chi connectivity index (χ3n) is 3.24. The number of amides is 1. The lowest BCUT2D eigenvalue weighted by Gasteiger charge is -2.15. The summed E-state index contributed by atoms with van der Waals surface area (Å²) in [6.07, 6.45) is 0. The third-order valence-corrected chi connectivity index (χ3v) is 3.59. The average molecular weight is 289 g/mol. The van der Waals surface area contributed by atoms with Crippen LogP contribution < -0.4 is 11.1 Å². The van der Waals surface area contributed by atoms with Gasteiger partial charge in [-0.25, -0.2) is 0 Å². The standard InChI is InChI=1S/C16H17ClN2O/c1-11(12-5-3-2-4-6-12)19-10-14-8-7-13(16(18)20)9-15(14)17/h2-9,11,19H,10H2,1H3,(H2,18,20). The largest absolute Gasteiger partial charge is 0.366 e. The summed E-state index contributed by atoms with van der Waals surface area (Å²) in [5.74, 6) is -0.468. The van der Waals surface area contributed by atoms with Gasteiger partial charge >= 0.3 is 0 Å². The topological polar surface area (TPSA) is 55.1 Å². The maximum Gasteiger partial charge on any atom is 0.248 e. The van der Waals surface area contributed by atoms with E-state index in [0.29, 0.717) is 17.1 Å². The Kier molecular flexibility index (Phi) is 4.77. The van der Waals surface area contributed by atoms with Gasteiger partial charge in [-0.15, -0.1) is 0 Å². The van der Waals surface area contributed by atoms with Gasteiger partial charge in [0.1, 0.15) is 0 Å². The van der Waals surface area contributed by atoms with Gasteiger partial charge in [0.15, 0.2) is 0 Å². The highest BCUT2D eigenvalue weighted by molar-refractivity contribution is 6.31. The Morgan fingerprint density at radius 1 is 1.25 bits per heavy atom. The third kappa shape index (κ3) is 3.59. The first-order valence-electron chi connectivity index (χ1n) is 6.44. The molecule has 0 saturated carbocycles. The number of primary amides is 1. The normalized spacial score (nSPS) is 12.1. The number of nitrogens with two attached hydrogens (primary N) is 1. The van der Waals surface area contributed by atoms with Crippen molar-refractivity contribution < 1.29 is 4.79 Å². The first-order chi connectivity index (χ1) is 9.58. The van der Waals surface area contributed by atoms with Crippen LogP contribution in [0.15, 0.2) is 48.5 Å². The van der Waals surface area contributed by atoms with Gasteiger partial charge in [-0.05, 0) is 30.2 Å². The van der Waals surface area contributed by atoms with Crippen LogP contribution in [0.2, 0.25) is 5.02 Å². The second kappa shape index (κ2) is 6.55. The van der Waals surface area contributed by atoms with E-state index in [1.807, 2.05) is 24.3 Å². The smallest absolute Gasteiger partial charge is 0.248 e. The number of benzene rings is 2. The predicted molar refractivity (Wildman–Crippen MR) is 81.7 cm³/mol. The van der Waals surface area contributed by atoms with Crippen LogP contribution in [0.3, 0.4) is 0 Å². The summed E-state index contributed by atoms with van der Waals surface area (Å²) in [7, 11) is 0. The van der Waals surface area contributed by atoms with Crippen LogP contribution in [0.4, 0.5) is 0 Å². The summed E-state index contributed by atoms with van der Waals surface area (Å²) in [6, 6.07) is 15.5. The maximum absolute atomic E-state index is 11.1. The quantitative estimate of drug-likeness (QED) is 0.887. The predicted octanol–water partition coefficient (Wildman–Crippen LogP) is 3.29.